The third-order valence-corrected chi connectivity index (χ3v) is 4.51. The minimum absolute atomic E-state index is 0. The first-order chi connectivity index (χ1) is 10.5. The van der Waals surface area contributed by atoms with Crippen LogP contribution >= 0.6 is 24.0 Å². The van der Waals surface area contributed by atoms with Gasteiger partial charge in [0.15, 0.2) is 5.96 Å². The van der Waals surface area contributed by atoms with Crippen molar-refractivity contribution in [3.63, 3.8) is 0 Å². The van der Waals surface area contributed by atoms with Crippen molar-refractivity contribution >= 4 is 29.9 Å². The van der Waals surface area contributed by atoms with Crippen molar-refractivity contribution < 1.29 is 4.52 Å². The summed E-state index contributed by atoms with van der Waals surface area (Å²) in [5.41, 5.74) is 2.18. The molecule has 1 saturated heterocycles. The molecule has 1 aliphatic heterocycles. The Morgan fingerprint density at radius 2 is 2.04 bits per heavy atom. The first-order valence-corrected chi connectivity index (χ1v) is 8.48. The van der Waals surface area contributed by atoms with Gasteiger partial charge in [-0.25, -0.2) is 0 Å². The number of halogens is 1. The summed E-state index contributed by atoms with van der Waals surface area (Å²) >= 11 is 0. The fourth-order valence-electron chi connectivity index (χ4n) is 3.15. The molecule has 0 aromatic carbocycles. The minimum atomic E-state index is 0. The van der Waals surface area contributed by atoms with Crippen molar-refractivity contribution in [1.29, 1.82) is 0 Å². The molecule has 5 nitrogen and oxygen atoms in total. The zero-order valence-electron chi connectivity index (χ0n) is 15.1. The second-order valence-corrected chi connectivity index (χ2v) is 6.50. The number of nitrogens with zero attached hydrogens (tertiary/aromatic N) is 3. The number of likely N-dealkylation sites (tertiary alicyclic amines) is 1. The van der Waals surface area contributed by atoms with Crippen molar-refractivity contribution in [2.45, 2.75) is 53.4 Å². The Hall–Kier alpha value is -0.790. The van der Waals surface area contributed by atoms with E-state index in [1.54, 1.807) is 0 Å². The lowest BCUT2D eigenvalue weighted by molar-refractivity contribution is 0.273. The van der Waals surface area contributed by atoms with Crippen LogP contribution < -0.4 is 5.32 Å². The lowest BCUT2D eigenvalue weighted by Gasteiger charge is -2.33. The average molecular weight is 434 g/mol. The molecule has 0 saturated carbocycles. The summed E-state index contributed by atoms with van der Waals surface area (Å²) in [7, 11) is 0. The quantitative estimate of drug-likeness (QED) is 0.446. The van der Waals surface area contributed by atoms with E-state index in [9.17, 15) is 0 Å². The van der Waals surface area contributed by atoms with Gasteiger partial charge >= 0.3 is 0 Å². The smallest absolute Gasteiger partial charge is 0.193 e. The Kier molecular flexibility index (Phi) is 8.36. The van der Waals surface area contributed by atoms with Crippen LogP contribution in [-0.4, -0.2) is 42.2 Å². The lowest BCUT2D eigenvalue weighted by atomic mass is 9.99. The topological polar surface area (TPSA) is 53.7 Å². The summed E-state index contributed by atoms with van der Waals surface area (Å²) < 4.78 is 5.27. The SMILES string of the molecule is CCNC(=NCC(C)c1c(C)noc1C)N1CCC(C)CC1.I. The normalized spacial score (nSPS) is 17.8. The van der Waals surface area contributed by atoms with Gasteiger partial charge in [-0.05, 0) is 39.5 Å². The van der Waals surface area contributed by atoms with Gasteiger partial charge in [-0.2, -0.15) is 0 Å². The number of guanidine groups is 1. The van der Waals surface area contributed by atoms with Gasteiger partial charge < -0.3 is 14.7 Å². The number of aliphatic imine (C=N–C) groups is 1. The van der Waals surface area contributed by atoms with E-state index in [4.69, 9.17) is 9.52 Å². The summed E-state index contributed by atoms with van der Waals surface area (Å²) in [4.78, 5) is 7.25. The molecule has 1 N–H and O–H groups in total. The molecule has 6 heteroatoms. The van der Waals surface area contributed by atoms with E-state index in [-0.39, 0.29) is 24.0 Å². The van der Waals surface area contributed by atoms with E-state index in [2.05, 4.69) is 36.1 Å². The third-order valence-electron chi connectivity index (χ3n) is 4.51. The van der Waals surface area contributed by atoms with Crippen molar-refractivity contribution in [3.8, 4) is 0 Å². The van der Waals surface area contributed by atoms with Crippen molar-refractivity contribution in [3.05, 3.63) is 17.0 Å². The summed E-state index contributed by atoms with van der Waals surface area (Å²) in [5, 5.41) is 7.48. The molecule has 0 radical (unpaired) electrons. The van der Waals surface area contributed by atoms with Crippen LogP contribution in [0, 0.1) is 19.8 Å². The van der Waals surface area contributed by atoms with Crippen LogP contribution in [0.15, 0.2) is 9.52 Å². The molecule has 1 atom stereocenters. The third kappa shape index (κ3) is 5.36. The Bertz CT molecular complexity index is 487. The molecular formula is C17H31IN4O. The zero-order chi connectivity index (χ0) is 16.1. The Morgan fingerprint density at radius 3 is 2.57 bits per heavy atom. The Balaban J connectivity index is 0.00000264. The lowest BCUT2D eigenvalue weighted by Crippen LogP contribution is -2.45. The maximum absolute atomic E-state index is 5.27. The van der Waals surface area contributed by atoms with Gasteiger partial charge in [-0.15, -0.1) is 24.0 Å². The van der Waals surface area contributed by atoms with Gasteiger partial charge in [0, 0.05) is 37.7 Å². The largest absolute Gasteiger partial charge is 0.361 e. The van der Waals surface area contributed by atoms with Gasteiger partial charge in [-0.3, -0.25) is 4.99 Å². The van der Waals surface area contributed by atoms with Crippen LogP contribution in [0.25, 0.3) is 0 Å². The van der Waals surface area contributed by atoms with Crippen molar-refractivity contribution in [2.75, 3.05) is 26.2 Å². The Labute approximate surface area is 157 Å². The molecular weight excluding hydrogens is 403 g/mol. The average Bonchev–Trinajstić information content (AvgIpc) is 2.83. The highest BCUT2D eigenvalue weighted by molar-refractivity contribution is 14.0. The molecule has 2 heterocycles. The van der Waals surface area contributed by atoms with Crippen molar-refractivity contribution in [1.82, 2.24) is 15.4 Å². The first-order valence-electron chi connectivity index (χ1n) is 8.48. The van der Waals surface area contributed by atoms with E-state index in [0.29, 0.717) is 5.92 Å². The van der Waals surface area contributed by atoms with E-state index in [1.807, 2.05) is 13.8 Å². The van der Waals surface area contributed by atoms with Crippen LogP contribution in [0.3, 0.4) is 0 Å². The fraction of sp³-hybridized carbons (Fsp3) is 0.765. The highest BCUT2D eigenvalue weighted by Gasteiger charge is 2.20. The molecule has 0 bridgehead atoms. The van der Waals surface area contributed by atoms with E-state index in [1.165, 1.54) is 18.4 Å². The number of aryl methyl sites for hydroxylation is 2. The number of rotatable bonds is 4. The van der Waals surface area contributed by atoms with Crippen LogP contribution in [-0.2, 0) is 0 Å². The molecule has 23 heavy (non-hydrogen) atoms. The minimum Gasteiger partial charge on any atom is -0.361 e. The van der Waals surface area contributed by atoms with Gasteiger partial charge in [0.05, 0.1) is 5.69 Å². The number of hydrogen-bond acceptors (Lipinski definition) is 3. The maximum atomic E-state index is 5.27. The number of aromatic nitrogens is 1. The predicted molar refractivity (Wildman–Crippen MR) is 106 cm³/mol. The van der Waals surface area contributed by atoms with Crippen LogP contribution in [0.4, 0.5) is 0 Å². The van der Waals surface area contributed by atoms with Crippen LogP contribution in [0.1, 0.15) is 56.5 Å². The molecule has 2 rings (SSSR count). The van der Waals surface area contributed by atoms with Gasteiger partial charge in [0.2, 0.25) is 0 Å². The second-order valence-electron chi connectivity index (χ2n) is 6.50. The van der Waals surface area contributed by atoms with E-state index >= 15 is 0 Å². The molecule has 132 valence electrons. The highest BCUT2D eigenvalue weighted by Crippen LogP contribution is 2.23. The molecule has 1 aromatic heterocycles. The number of hydrogen-bond donors (Lipinski definition) is 1. The zero-order valence-corrected chi connectivity index (χ0v) is 17.4. The molecule has 0 amide bonds. The van der Waals surface area contributed by atoms with Gasteiger partial charge in [0.1, 0.15) is 5.76 Å². The molecule has 1 aromatic rings. The molecule has 1 unspecified atom stereocenters. The second kappa shape index (κ2) is 9.49. The summed E-state index contributed by atoms with van der Waals surface area (Å²) in [5.74, 6) is 3.12. The van der Waals surface area contributed by atoms with Crippen LogP contribution in [0.2, 0.25) is 0 Å². The predicted octanol–water partition coefficient (Wildman–Crippen LogP) is 3.71. The summed E-state index contributed by atoms with van der Waals surface area (Å²) in [6, 6.07) is 0. The molecule has 0 aliphatic carbocycles. The number of piperidine rings is 1. The molecule has 0 spiro atoms. The van der Waals surface area contributed by atoms with E-state index < -0.39 is 0 Å². The summed E-state index contributed by atoms with van der Waals surface area (Å²) in [6.07, 6.45) is 2.51. The van der Waals surface area contributed by atoms with E-state index in [0.717, 1.165) is 49.5 Å². The molecule has 1 aliphatic rings. The first kappa shape index (κ1) is 20.3. The summed E-state index contributed by atoms with van der Waals surface area (Å²) in [6.45, 7) is 14.5. The fourth-order valence-corrected chi connectivity index (χ4v) is 3.15. The Morgan fingerprint density at radius 1 is 1.39 bits per heavy atom. The maximum Gasteiger partial charge on any atom is 0.193 e. The van der Waals surface area contributed by atoms with Crippen molar-refractivity contribution in [2.24, 2.45) is 10.9 Å². The van der Waals surface area contributed by atoms with Gasteiger partial charge in [0.25, 0.3) is 0 Å². The van der Waals surface area contributed by atoms with Gasteiger partial charge in [-0.1, -0.05) is 19.0 Å². The molecule has 1 fully saturated rings. The standard InChI is InChI=1S/C17H30N4O.HI/c1-6-18-17(21-9-7-12(2)8-10-21)19-11-13(3)16-14(4)20-22-15(16)5;/h12-13H,6-11H2,1-5H3,(H,18,19);1H. The highest BCUT2D eigenvalue weighted by atomic mass is 127. The monoisotopic (exact) mass is 434 g/mol. The van der Waals surface area contributed by atoms with Crippen LogP contribution in [0.5, 0.6) is 0 Å². The number of nitrogens with one attached hydrogen (secondary N) is 1.